The maximum absolute atomic E-state index is 12.5. The van der Waals surface area contributed by atoms with E-state index in [1.54, 1.807) is 12.4 Å². The molecule has 0 aliphatic rings. The Morgan fingerprint density at radius 2 is 1.91 bits per heavy atom. The molecule has 2 rings (SSSR count). The second-order valence-electron chi connectivity index (χ2n) is 5.87. The van der Waals surface area contributed by atoms with Crippen molar-refractivity contribution in [1.82, 2.24) is 9.97 Å². The number of nitrogens with one attached hydrogen (secondary N) is 2. The molecule has 0 atom stereocenters. The maximum Gasteiger partial charge on any atom is 0.258 e. The van der Waals surface area contributed by atoms with Gasteiger partial charge in [0.05, 0.1) is 5.56 Å². The van der Waals surface area contributed by atoms with Crippen molar-refractivity contribution in [3.05, 3.63) is 47.3 Å². The molecular weight excluding hydrogens is 288 g/mol. The number of aromatic nitrogens is 2. The van der Waals surface area contributed by atoms with E-state index < -0.39 is 0 Å². The molecule has 0 unspecified atom stereocenters. The summed E-state index contributed by atoms with van der Waals surface area (Å²) in [4.78, 5) is 20.8. The molecule has 0 saturated heterocycles. The number of benzene rings is 1. The van der Waals surface area contributed by atoms with Gasteiger partial charge in [0, 0.05) is 24.6 Å². The predicted octanol–water partition coefficient (Wildman–Crippen LogP) is 3.98. The van der Waals surface area contributed by atoms with Crippen LogP contribution >= 0.6 is 0 Å². The lowest BCUT2D eigenvalue weighted by molar-refractivity contribution is 0.102. The molecule has 23 heavy (non-hydrogen) atoms. The number of aryl methyl sites for hydroxylation is 1. The van der Waals surface area contributed by atoms with E-state index in [0.717, 1.165) is 29.8 Å². The fourth-order valence-corrected chi connectivity index (χ4v) is 2.30. The highest BCUT2D eigenvalue weighted by atomic mass is 16.1. The fourth-order valence-electron chi connectivity index (χ4n) is 2.30. The molecule has 0 spiro atoms. The van der Waals surface area contributed by atoms with E-state index >= 15 is 0 Å². The summed E-state index contributed by atoms with van der Waals surface area (Å²) in [5, 5.41) is 6.09. The number of rotatable bonds is 6. The molecule has 0 fully saturated rings. The van der Waals surface area contributed by atoms with Crippen LogP contribution in [-0.4, -0.2) is 22.4 Å². The van der Waals surface area contributed by atoms with Gasteiger partial charge in [-0.05, 0) is 30.4 Å². The van der Waals surface area contributed by atoms with Crippen LogP contribution in [0.3, 0.4) is 0 Å². The lowest BCUT2D eigenvalue weighted by Crippen LogP contribution is -2.16. The highest BCUT2D eigenvalue weighted by Gasteiger charge is 2.14. The molecule has 0 radical (unpaired) electrons. The van der Waals surface area contributed by atoms with Crippen LogP contribution in [0.2, 0.25) is 0 Å². The number of nitrogens with zero attached hydrogens (tertiary/aromatic N) is 2. The van der Waals surface area contributed by atoms with Crippen LogP contribution in [0.5, 0.6) is 0 Å². The average molecular weight is 312 g/mol. The summed E-state index contributed by atoms with van der Waals surface area (Å²) >= 11 is 0. The van der Waals surface area contributed by atoms with Gasteiger partial charge >= 0.3 is 0 Å². The highest BCUT2D eigenvalue weighted by molar-refractivity contribution is 6.04. The van der Waals surface area contributed by atoms with Crippen LogP contribution in [0.25, 0.3) is 0 Å². The standard InChI is InChI=1S/C18H24N4O/c1-5-9-19-18-20-10-14(11-21-18)17(23)22-16-13(4)7-6-8-15(16)12(2)3/h6-8,10-12H,5,9H2,1-4H3,(H,22,23)(H,19,20,21). The van der Waals surface area contributed by atoms with Crippen LogP contribution in [0.1, 0.15) is 54.6 Å². The summed E-state index contributed by atoms with van der Waals surface area (Å²) in [6.07, 6.45) is 4.10. The monoisotopic (exact) mass is 312 g/mol. The van der Waals surface area contributed by atoms with E-state index in [4.69, 9.17) is 0 Å². The van der Waals surface area contributed by atoms with Gasteiger partial charge in [-0.15, -0.1) is 0 Å². The normalized spacial score (nSPS) is 10.7. The van der Waals surface area contributed by atoms with Crippen molar-refractivity contribution in [1.29, 1.82) is 0 Å². The van der Waals surface area contributed by atoms with Crippen LogP contribution in [0, 0.1) is 6.92 Å². The Bertz CT molecular complexity index is 665. The molecule has 1 aromatic carbocycles. The number of amides is 1. The van der Waals surface area contributed by atoms with Crippen molar-refractivity contribution in [3.63, 3.8) is 0 Å². The summed E-state index contributed by atoms with van der Waals surface area (Å²) in [7, 11) is 0. The third kappa shape index (κ3) is 4.28. The summed E-state index contributed by atoms with van der Waals surface area (Å²) in [6, 6.07) is 6.05. The number of anilines is 2. The fraction of sp³-hybridized carbons (Fsp3) is 0.389. The van der Waals surface area contributed by atoms with Crippen LogP contribution in [0.4, 0.5) is 11.6 Å². The minimum Gasteiger partial charge on any atom is -0.354 e. The van der Waals surface area contributed by atoms with Crippen molar-refractivity contribution in [2.75, 3.05) is 17.2 Å². The van der Waals surface area contributed by atoms with Gasteiger partial charge in [0.25, 0.3) is 5.91 Å². The topological polar surface area (TPSA) is 66.9 Å². The minimum atomic E-state index is -0.191. The zero-order chi connectivity index (χ0) is 16.8. The quantitative estimate of drug-likeness (QED) is 0.846. The number of carbonyl (C=O) groups is 1. The van der Waals surface area contributed by atoms with Crippen molar-refractivity contribution in [2.45, 2.75) is 40.0 Å². The molecule has 1 aromatic heterocycles. The summed E-state index contributed by atoms with van der Waals surface area (Å²) in [5.74, 6) is 0.687. The SMILES string of the molecule is CCCNc1ncc(C(=O)Nc2c(C)cccc2C(C)C)cn1. The molecule has 5 nitrogen and oxygen atoms in total. The lowest BCUT2D eigenvalue weighted by atomic mass is 9.98. The molecular formula is C18H24N4O. The van der Waals surface area contributed by atoms with E-state index in [9.17, 15) is 4.79 Å². The first kappa shape index (κ1) is 16.9. The Kier molecular flexibility index (Phi) is 5.68. The van der Waals surface area contributed by atoms with Crippen molar-refractivity contribution in [3.8, 4) is 0 Å². The second-order valence-corrected chi connectivity index (χ2v) is 5.87. The van der Waals surface area contributed by atoms with E-state index in [1.807, 2.05) is 25.1 Å². The Hall–Kier alpha value is -2.43. The van der Waals surface area contributed by atoms with Crippen molar-refractivity contribution >= 4 is 17.5 Å². The molecule has 0 bridgehead atoms. The summed E-state index contributed by atoms with van der Waals surface area (Å²) in [6.45, 7) is 9.11. The minimum absolute atomic E-state index is 0.191. The molecule has 2 N–H and O–H groups in total. The molecule has 1 amide bonds. The number of carbonyl (C=O) groups excluding carboxylic acids is 1. The first-order chi connectivity index (χ1) is 11.0. The highest BCUT2D eigenvalue weighted by Crippen LogP contribution is 2.27. The molecule has 2 aromatic rings. The van der Waals surface area contributed by atoms with E-state index in [1.165, 1.54) is 0 Å². The van der Waals surface area contributed by atoms with Crippen LogP contribution in [0.15, 0.2) is 30.6 Å². The molecule has 0 aliphatic carbocycles. The van der Waals surface area contributed by atoms with Gasteiger partial charge in [0.1, 0.15) is 0 Å². The summed E-state index contributed by atoms with van der Waals surface area (Å²) < 4.78 is 0. The molecule has 5 heteroatoms. The van der Waals surface area contributed by atoms with Gasteiger partial charge in [-0.25, -0.2) is 9.97 Å². The Labute approximate surface area is 137 Å². The van der Waals surface area contributed by atoms with Crippen molar-refractivity contribution in [2.24, 2.45) is 0 Å². The smallest absolute Gasteiger partial charge is 0.258 e. The largest absolute Gasteiger partial charge is 0.354 e. The third-order valence-electron chi connectivity index (χ3n) is 3.61. The van der Waals surface area contributed by atoms with Crippen LogP contribution in [-0.2, 0) is 0 Å². The zero-order valence-corrected chi connectivity index (χ0v) is 14.2. The first-order valence-corrected chi connectivity index (χ1v) is 7.99. The van der Waals surface area contributed by atoms with Gasteiger partial charge in [0.2, 0.25) is 5.95 Å². The molecule has 122 valence electrons. The number of hydrogen-bond acceptors (Lipinski definition) is 4. The zero-order valence-electron chi connectivity index (χ0n) is 14.2. The van der Waals surface area contributed by atoms with E-state index in [0.29, 0.717) is 17.4 Å². The first-order valence-electron chi connectivity index (χ1n) is 7.99. The molecule has 0 aliphatic heterocycles. The third-order valence-corrected chi connectivity index (χ3v) is 3.61. The second kappa shape index (κ2) is 7.72. The Morgan fingerprint density at radius 1 is 1.22 bits per heavy atom. The predicted molar refractivity (Wildman–Crippen MR) is 94.0 cm³/mol. The van der Waals surface area contributed by atoms with Gasteiger partial charge < -0.3 is 10.6 Å². The van der Waals surface area contributed by atoms with Crippen LogP contribution < -0.4 is 10.6 Å². The maximum atomic E-state index is 12.5. The summed E-state index contributed by atoms with van der Waals surface area (Å²) in [5.41, 5.74) is 3.50. The van der Waals surface area contributed by atoms with E-state index in [2.05, 4.69) is 41.4 Å². The van der Waals surface area contributed by atoms with Crippen molar-refractivity contribution < 1.29 is 4.79 Å². The van der Waals surface area contributed by atoms with Gasteiger partial charge in [0.15, 0.2) is 0 Å². The average Bonchev–Trinajstić information content (AvgIpc) is 2.55. The Balaban J connectivity index is 2.16. The molecule has 1 heterocycles. The molecule has 0 saturated carbocycles. The van der Waals surface area contributed by atoms with Gasteiger partial charge in [-0.3, -0.25) is 4.79 Å². The van der Waals surface area contributed by atoms with E-state index in [-0.39, 0.29) is 5.91 Å². The van der Waals surface area contributed by atoms with Gasteiger partial charge in [-0.1, -0.05) is 39.0 Å². The lowest BCUT2D eigenvalue weighted by Gasteiger charge is -2.16. The number of para-hydroxylation sites is 1. The van der Waals surface area contributed by atoms with Gasteiger partial charge in [-0.2, -0.15) is 0 Å². The number of hydrogen-bond donors (Lipinski definition) is 2. The Morgan fingerprint density at radius 3 is 2.52 bits per heavy atom.